The quantitative estimate of drug-likeness (QED) is 0.780. The molecule has 1 atom stereocenters. The number of nitrogens with one attached hydrogen (secondary N) is 1. The number of carboxylic acids is 1. The van der Waals surface area contributed by atoms with E-state index in [0.717, 1.165) is 4.47 Å². The molecule has 2 rings (SSSR count). The summed E-state index contributed by atoms with van der Waals surface area (Å²) in [5, 5.41) is 22.2. The van der Waals surface area contributed by atoms with Crippen LogP contribution >= 0.6 is 28.3 Å². The predicted octanol–water partition coefficient (Wildman–Crippen LogP) is 2.91. The molecule has 0 spiro atoms. The van der Waals surface area contributed by atoms with Crippen molar-refractivity contribution in [3.05, 3.63) is 34.4 Å². The van der Waals surface area contributed by atoms with Gasteiger partial charge >= 0.3 is 5.97 Å². The lowest BCUT2D eigenvalue weighted by atomic mass is 10.1. The normalized spacial score (nSPS) is 11.8. The lowest BCUT2D eigenvalue weighted by molar-refractivity contribution is 0.0697. The molecule has 1 unspecified atom stereocenters. The average Bonchev–Trinajstić information content (AvgIpc) is 2.35. The Kier molecular flexibility index (Phi) is 5.74. The van der Waals surface area contributed by atoms with E-state index in [0.29, 0.717) is 16.6 Å². The van der Waals surface area contributed by atoms with Gasteiger partial charge in [-0.1, -0.05) is 15.9 Å². The zero-order valence-corrected chi connectivity index (χ0v) is 13.0. The first-order valence-electron chi connectivity index (χ1n) is 5.72. The number of rotatable bonds is 4. The van der Waals surface area contributed by atoms with Gasteiger partial charge in [0.05, 0.1) is 17.3 Å². The largest absolute Gasteiger partial charge is 0.478 e. The Morgan fingerprint density at radius 3 is 2.80 bits per heavy atom. The number of aromatic nitrogens is 1. The molecule has 2 aromatic rings. The highest BCUT2D eigenvalue weighted by molar-refractivity contribution is 9.10. The molecule has 0 aliphatic heterocycles. The van der Waals surface area contributed by atoms with Gasteiger partial charge in [0.1, 0.15) is 5.56 Å². The van der Waals surface area contributed by atoms with Crippen LogP contribution in [0.15, 0.2) is 28.9 Å². The van der Waals surface area contributed by atoms with Crippen LogP contribution < -0.4 is 5.32 Å². The van der Waals surface area contributed by atoms with Crippen LogP contribution in [0.2, 0.25) is 0 Å². The van der Waals surface area contributed by atoms with Crippen LogP contribution in [0, 0.1) is 0 Å². The van der Waals surface area contributed by atoms with Crippen LogP contribution in [0.4, 0.5) is 5.69 Å². The SMILES string of the molecule is CC(O)CNc1c(C(=O)O)cnc2ccc(Br)cc12.Cl. The molecule has 7 heteroatoms. The molecule has 0 saturated heterocycles. The molecule has 108 valence electrons. The van der Waals surface area contributed by atoms with Crippen molar-refractivity contribution < 1.29 is 15.0 Å². The number of aromatic carboxylic acids is 1. The predicted molar refractivity (Wildman–Crippen MR) is 83.8 cm³/mol. The molecular weight excluding hydrogens is 348 g/mol. The molecule has 0 bridgehead atoms. The molecule has 0 aliphatic rings. The highest BCUT2D eigenvalue weighted by atomic mass is 79.9. The summed E-state index contributed by atoms with van der Waals surface area (Å²) >= 11 is 3.36. The summed E-state index contributed by atoms with van der Waals surface area (Å²) < 4.78 is 0.837. The third-order valence-electron chi connectivity index (χ3n) is 2.63. The van der Waals surface area contributed by atoms with Crippen LogP contribution in [0.25, 0.3) is 10.9 Å². The van der Waals surface area contributed by atoms with Crippen molar-refractivity contribution in [1.29, 1.82) is 0 Å². The lowest BCUT2D eigenvalue weighted by Crippen LogP contribution is -2.17. The lowest BCUT2D eigenvalue weighted by Gasteiger charge is -2.14. The molecule has 20 heavy (non-hydrogen) atoms. The number of aliphatic hydroxyl groups excluding tert-OH is 1. The van der Waals surface area contributed by atoms with Gasteiger partial charge < -0.3 is 15.5 Å². The van der Waals surface area contributed by atoms with Crippen molar-refractivity contribution in [2.45, 2.75) is 13.0 Å². The summed E-state index contributed by atoms with van der Waals surface area (Å²) in [5.41, 5.74) is 1.26. The number of pyridine rings is 1. The minimum atomic E-state index is -1.05. The van der Waals surface area contributed by atoms with Crippen LogP contribution in [-0.2, 0) is 0 Å². The second-order valence-corrected chi connectivity index (χ2v) is 5.16. The molecule has 0 amide bonds. The Morgan fingerprint density at radius 2 is 2.20 bits per heavy atom. The summed E-state index contributed by atoms with van der Waals surface area (Å²) in [4.78, 5) is 15.4. The fourth-order valence-corrected chi connectivity index (χ4v) is 2.13. The molecule has 0 aliphatic carbocycles. The van der Waals surface area contributed by atoms with Crippen LogP contribution in [0.5, 0.6) is 0 Å². The number of benzene rings is 1. The maximum atomic E-state index is 11.2. The number of hydrogen-bond acceptors (Lipinski definition) is 4. The van der Waals surface area contributed by atoms with Gasteiger partial charge in [0.15, 0.2) is 0 Å². The van der Waals surface area contributed by atoms with Crippen molar-refractivity contribution in [2.75, 3.05) is 11.9 Å². The zero-order chi connectivity index (χ0) is 14.0. The second kappa shape index (κ2) is 6.88. The molecular formula is C13H14BrClN2O3. The van der Waals surface area contributed by atoms with Crippen LogP contribution in [0.1, 0.15) is 17.3 Å². The Balaban J connectivity index is 0.00000200. The van der Waals surface area contributed by atoms with Gasteiger partial charge in [-0.15, -0.1) is 12.4 Å². The Morgan fingerprint density at radius 1 is 1.50 bits per heavy atom. The van der Waals surface area contributed by atoms with Crippen molar-refractivity contribution >= 4 is 50.9 Å². The Labute approximate surface area is 130 Å². The summed E-state index contributed by atoms with van der Waals surface area (Å²) in [6, 6.07) is 5.45. The number of anilines is 1. The third kappa shape index (κ3) is 3.59. The highest BCUT2D eigenvalue weighted by Crippen LogP contribution is 2.28. The van der Waals surface area contributed by atoms with Gasteiger partial charge in [0.25, 0.3) is 0 Å². The molecule has 3 N–H and O–H groups in total. The van der Waals surface area contributed by atoms with Gasteiger partial charge in [-0.2, -0.15) is 0 Å². The fourth-order valence-electron chi connectivity index (χ4n) is 1.77. The third-order valence-corrected chi connectivity index (χ3v) is 3.13. The van der Waals surface area contributed by atoms with Crippen molar-refractivity contribution in [3.8, 4) is 0 Å². The highest BCUT2D eigenvalue weighted by Gasteiger charge is 2.15. The molecule has 0 fully saturated rings. The van der Waals surface area contributed by atoms with E-state index in [1.165, 1.54) is 6.20 Å². The van der Waals surface area contributed by atoms with E-state index >= 15 is 0 Å². The molecule has 1 heterocycles. The first kappa shape index (κ1) is 16.7. The fraction of sp³-hybridized carbons (Fsp3) is 0.231. The number of halogens is 2. The minimum absolute atomic E-state index is 0. The van der Waals surface area contributed by atoms with Gasteiger partial charge in [-0.25, -0.2) is 4.79 Å². The number of carboxylic acid groups (broad SMARTS) is 1. The first-order chi connectivity index (χ1) is 8.99. The monoisotopic (exact) mass is 360 g/mol. The summed E-state index contributed by atoms with van der Waals surface area (Å²) in [6.07, 6.45) is 0.750. The summed E-state index contributed by atoms with van der Waals surface area (Å²) in [5.74, 6) is -1.05. The molecule has 1 aromatic heterocycles. The Hall–Kier alpha value is -1.37. The number of carbonyl (C=O) groups is 1. The number of fused-ring (bicyclic) bond motifs is 1. The smallest absolute Gasteiger partial charge is 0.339 e. The van der Waals surface area contributed by atoms with E-state index < -0.39 is 12.1 Å². The van der Waals surface area contributed by atoms with Gasteiger partial charge in [0.2, 0.25) is 0 Å². The van der Waals surface area contributed by atoms with Gasteiger partial charge in [-0.05, 0) is 25.1 Å². The first-order valence-corrected chi connectivity index (χ1v) is 6.52. The number of hydrogen-bond donors (Lipinski definition) is 3. The molecule has 1 aromatic carbocycles. The maximum absolute atomic E-state index is 11.2. The minimum Gasteiger partial charge on any atom is -0.478 e. The second-order valence-electron chi connectivity index (χ2n) is 4.24. The molecule has 5 nitrogen and oxygen atoms in total. The van der Waals surface area contributed by atoms with Crippen LogP contribution in [-0.4, -0.2) is 33.8 Å². The van der Waals surface area contributed by atoms with Crippen molar-refractivity contribution in [1.82, 2.24) is 4.98 Å². The zero-order valence-electron chi connectivity index (χ0n) is 10.6. The van der Waals surface area contributed by atoms with Gasteiger partial charge in [0, 0.05) is 22.6 Å². The summed E-state index contributed by atoms with van der Waals surface area (Å²) in [7, 11) is 0. The van der Waals surface area contributed by atoms with Crippen LogP contribution in [0.3, 0.4) is 0 Å². The van der Waals surface area contributed by atoms with Gasteiger partial charge in [-0.3, -0.25) is 4.98 Å². The van der Waals surface area contributed by atoms with E-state index in [-0.39, 0.29) is 24.5 Å². The van der Waals surface area contributed by atoms with E-state index in [2.05, 4.69) is 26.2 Å². The topological polar surface area (TPSA) is 82.5 Å². The van der Waals surface area contributed by atoms with E-state index in [9.17, 15) is 15.0 Å². The van der Waals surface area contributed by atoms with E-state index in [4.69, 9.17) is 0 Å². The van der Waals surface area contributed by atoms with Crippen molar-refractivity contribution in [2.24, 2.45) is 0 Å². The molecule has 0 saturated carbocycles. The number of aliphatic hydroxyl groups is 1. The number of nitrogens with zero attached hydrogens (tertiary/aromatic N) is 1. The van der Waals surface area contributed by atoms with E-state index in [1.54, 1.807) is 19.1 Å². The Bertz CT molecular complexity index is 634. The average molecular weight is 362 g/mol. The van der Waals surface area contributed by atoms with E-state index in [1.807, 2.05) is 6.07 Å². The standard InChI is InChI=1S/C13H13BrN2O3.ClH/c1-7(17)5-16-12-9-4-8(14)2-3-11(9)15-6-10(12)13(18)19;/h2-4,6-7,17H,5H2,1H3,(H,15,16)(H,18,19);1H. The van der Waals surface area contributed by atoms with Crippen molar-refractivity contribution in [3.63, 3.8) is 0 Å². The maximum Gasteiger partial charge on any atom is 0.339 e. The summed E-state index contributed by atoms with van der Waals surface area (Å²) in [6.45, 7) is 1.90. The molecule has 0 radical (unpaired) electrons.